The van der Waals surface area contributed by atoms with Crippen molar-refractivity contribution in [3.05, 3.63) is 24.3 Å². The fraction of sp³-hybridized carbons (Fsp3) is 0.857. The van der Waals surface area contributed by atoms with Gasteiger partial charge < -0.3 is 64.2 Å². The topological polar surface area (TPSA) is 231 Å². The lowest BCUT2D eigenvalue weighted by atomic mass is 9.98. The van der Waals surface area contributed by atoms with Crippen molar-refractivity contribution in [3.8, 4) is 0 Å². The number of unbranched alkanes of at least 4 members (excludes halogenated alkanes) is 13. The number of carbonyl (C=O) groups is 2. The molecule has 2 saturated heterocycles. The predicted molar refractivity (Wildman–Crippen MR) is 211 cm³/mol. The van der Waals surface area contributed by atoms with Crippen LogP contribution in [-0.2, 0) is 38.0 Å². The average Bonchev–Trinajstić information content (AvgIpc) is 3.20. The minimum absolute atomic E-state index is 0.0610. The molecule has 2 fully saturated rings. The molecule has 57 heavy (non-hydrogen) atoms. The van der Waals surface area contributed by atoms with Gasteiger partial charge in [0.05, 0.1) is 19.8 Å². The standard InChI is InChI=1S/C42H74O15/c1-3-5-7-9-11-13-14-15-16-17-19-21-23-25-34(45)55-30(27-52-33(44)24-22-20-18-12-10-8-6-4-2)28-53-41-40(51)38(49)36(47)32(57-41)29-54-42-39(50)37(48)35(46)31(26-43)56-42/h15-16,19,21,30-32,35-43,46-51H,3-14,17-18,20,22-29H2,1-2H3/b16-15+,21-19+/t30?,31-,32-,35+,36+,37?,38?,39?,40?,41-,42-/m1/s1. The molecule has 7 N–H and O–H groups in total. The van der Waals surface area contributed by atoms with Crippen LogP contribution in [0.4, 0.5) is 0 Å². The largest absolute Gasteiger partial charge is 0.462 e. The third kappa shape index (κ3) is 20.7. The van der Waals surface area contributed by atoms with Crippen LogP contribution in [0, 0.1) is 0 Å². The van der Waals surface area contributed by atoms with Crippen LogP contribution < -0.4 is 0 Å². The lowest BCUT2D eigenvalue weighted by Gasteiger charge is -2.42. The van der Waals surface area contributed by atoms with Gasteiger partial charge in [-0.2, -0.15) is 0 Å². The Labute approximate surface area is 339 Å². The number of carbonyl (C=O) groups excluding carboxylic acids is 2. The molecule has 0 amide bonds. The SMILES string of the molecule is CCCCCCCC/C=C/C/C=C/CCC(=O)OC(COC(=O)CCCCCCCCCC)CO[C@@H]1O[C@H](CO[C@@H]2O[C@H](CO)[C@H](O)C(O)C2O)[C@H](O)C(O)C1O. The van der Waals surface area contributed by atoms with Crippen LogP contribution in [0.5, 0.6) is 0 Å². The molecule has 0 aliphatic carbocycles. The molecule has 15 heteroatoms. The zero-order valence-electron chi connectivity index (χ0n) is 34.3. The van der Waals surface area contributed by atoms with Crippen molar-refractivity contribution in [2.75, 3.05) is 26.4 Å². The molecule has 2 heterocycles. The third-order valence-electron chi connectivity index (χ3n) is 10.2. The first-order chi connectivity index (χ1) is 27.5. The third-order valence-corrected chi connectivity index (χ3v) is 10.2. The van der Waals surface area contributed by atoms with E-state index in [-0.39, 0.29) is 19.4 Å². The van der Waals surface area contributed by atoms with Gasteiger partial charge in [0.15, 0.2) is 18.7 Å². The molecule has 332 valence electrons. The summed E-state index contributed by atoms with van der Waals surface area (Å²) in [6.45, 7) is 2.45. The quantitative estimate of drug-likeness (QED) is 0.0301. The monoisotopic (exact) mass is 819 g/mol. The first-order valence-corrected chi connectivity index (χ1v) is 21.4. The van der Waals surface area contributed by atoms with Crippen molar-refractivity contribution in [2.45, 2.75) is 203 Å². The molecule has 0 bridgehead atoms. The summed E-state index contributed by atoms with van der Waals surface area (Å²) >= 11 is 0. The number of esters is 2. The normalized spacial score (nSPS) is 28.6. The number of allylic oxidation sites excluding steroid dienone is 4. The molecule has 2 rings (SSSR count). The summed E-state index contributed by atoms with van der Waals surface area (Å²) < 4.78 is 33.2. The number of aliphatic hydroxyl groups excluding tert-OH is 7. The van der Waals surface area contributed by atoms with Gasteiger partial charge in [0.1, 0.15) is 55.4 Å². The second-order valence-corrected chi connectivity index (χ2v) is 15.2. The summed E-state index contributed by atoms with van der Waals surface area (Å²) in [4.78, 5) is 25.4. The smallest absolute Gasteiger partial charge is 0.306 e. The number of ether oxygens (including phenoxy) is 6. The second-order valence-electron chi connectivity index (χ2n) is 15.2. The van der Waals surface area contributed by atoms with E-state index < -0.39 is 99.3 Å². The second kappa shape index (κ2) is 30.9. The van der Waals surface area contributed by atoms with E-state index in [0.29, 0.717) is 12.8 Å². The highest BCUT2D eigenvalue weighted by Gasteiger charge is 2.47. The molecule has 5 unspecified atom stereocenters. The first kappa shape index (κ1) is 51.1. The highest BCUT2D eigenvalue weighted by Crippen LogP contribution is 2.26. The first-order valence-electron chi connectivity index (χ1n) is 21.4. The highest BCUT2D eigenvalue weighted by atomic mass is 16.7. The Balaban J connectivity index is 1.91. The Morgan fingerprint density at radius 1 is 0.561 bits per heavy atom. The van der Waals surface area contributed by atoms with Gasteiger partial charge in [-0.25, -0.2) is 0 Å². The predicted octanol–water partition coefficient (Wildman–Crippen LogP) is 3.65. The minimum atomic E-state index is -1.77. The Morgan fingerprint density at radius 2 is 1.09 bits per heavy atom. The van der Waals surface area contributed by atoms with E-state index in [4.69, 9.17) is 28.4 Å². The molecular formula is C42H74O15. The Bertz CT molecular complexity index is 1100. The van der Waals surface area contributed by atoms with Crippen LogP contribution >= 0.6 is 0 Å². The molecule has 0 spiro atoms. The van der Waals surface area contributed by atoms with Crippen LogP contribution in [0.25, 0.3) is 0 Å². The number of rotatable bonds is 31. The summed E-state index contributed by atoms with van der Waals surface area (Å²) in [5, 5.41) is 71.6. The average molecular weight is 819 g/mol. The van der Waals surface area contributed by atoms with Crippen LogP contribution in [0.15, 0.2) is 24.3 Å². The zero-order chi connectivity index (χ0) is 41.8. The van der Waals surface area contributed by atoms with Crippen LogP contribution in [0.3, 0.4) is 0 Å². The summed E-state index contributed by atoms with van der Waals surface area (Å²) in [7, 11) is 0. The van der Waals surface area contributed by atoms with Gasteiger partial charge >= 0.3 is 11.9 Å². The molecule has 2 aliphatic heterocycles. The van der Waals surface area contributed by atoms with Crippen molar-refractivity contribution < 1.29 is 73.8 Å². The maximum Gasteiger partial charge on any atom is 0.306 e. The van der Waals surface area contributed by atoms with Crippen LogP contribution in [0.1, 0.15) is 136 Å². The zero-order valence-corrected chi connectivity index (χ0v) is 34.3. The Kier molecular flexibility index (Phi) is 27.7. The van der Waals surface area contributed by atoms with E-state index in [1.165, 1.54) is 64.2 Å². The molecule has 0 aromatic carbocycles. The Morgan fingerprint density at radius 3 is 1.70 bits per heavy atom. The van der Waals surface area contributed by atoms with Crippen molar-refractivity contribution in [1.29, 1.82) is 0 Å². The van der Waals surface area contributed by atoms with Crippen molar-refractivity contribution in [2.24, 2.45) is 0 Å². The van der Waals surface area contributed by atoms with Gasteiger partial charge in [-0.3, -0.25) is 9.59 Å². The van der Waals surface area contributed by atoms with E-state index in [0.717, 1.165) is 32.1 Å². The van der Waals surface area contributed by atoms with E-state index in [2.05, 4.69) is 26.0 Å². The van der Waals surface area contributed by atoms with Crippen LogP contribution in [0.2, 0.25) is 0 Å². The lowest BCUT2D eigenvalue weighted by molar-refractivity contribution is -0.332. The summed E-state index contributed by atoms with van der Waals surface area (Å²) in [5.74, 6) is -1.01. The lowest BCUT2D eigenvalue weighted by Crippen LogP contribution is -2.61. The molecule has 15 nitrogen and oxygen atoms in total. The molecule has 0 aromatic rings. The maximum atomic E-state index is 12.8. The van der Waals surface area contributed by atoms with Crippen molar-refractivity contribution >= 4 is 11.9 Å². The van der Waals surface area contributed by atoms with Gasteiger partial charge in [0.2, 0.25) is 0 Å². The molecule has 11 atom stereocenters. The molecule has 0 radical (unpaired) electrons. The summed E-state index contributed by atoms with van der Waals surface area (Å²) in [6, 6.07) is 0. The highest BCUT2D eigenvalue weighted by molar-refractivity contribution is 5.70. The molecule has 0 saturated carbocycles. The molecular weight excluding hydrogens is 744 g/mol. The van der Waals surface area contributed by atoms with Gasteiger partial charge in [-0.05, 0) is 32.1 Å². The van der Waals surface area contributed by atoms with E-state index in [1.807, 2.05) is 12.2 Å². The maximum absolute atomic E-state index is 12.8. The van der Waals surface area contributed by atoms with Gasteiger partial charge in [0.25, 0.3) is 0 Å². The van der Waals surface area contributed by atoms with Crippen molar-refractivity contribution in [1.82, 2.24) is 0 Å². The fourth-order valence-electron chi connectivity index (χ4n) is 6.56. The number of hydrogen-bond donors (Lipinski definition) is 7. The summed E-state index contributed by atoms with van der Waals surface area (Å²) in [6.07, 6.45) is 9.80. The van der Waals surface area contributed by atoms with Gasteiger partial charge in [0, 0.05) is 12.8 Å². The summed E-state index contributed by atoms with van der Waals surface area (Å²) in [5.41, 5.74) is 0. The fourth-order valence-corrected chi connectivity index (χ4v) is 6.56. The van der Waals surface area contributed by atoms with Crippen LogP contribution in [-0.4, -0.2) is 142 Å². The van der Waals surface area contributed by atoms with Gasteiger partial charge in [-0.15, -0.1) is 0 Å². The minimum Gasteiger partial charge on any atom is -0.462 e. The molecule has 2 aliphatic rings. The number of aliphatic hydroxyl groups is 7. The van der Waals surface area contributed by atoms with Crippen molar-refractivity contribution in [3.63, 3.8) is 0 Å². The van der Waals surface area contributed by atoms with E-state index >= 15 is 0 Å². The van der Waals surface area contributed by atoms with Gasteiger partial charge in [-0.1, -0.05) is 115 Å². The van der Waals surface area contributed by atoms with E-state index in [9.17, 15) is 45.3 Å². The number of hydrogen-bond acceptors (Lipinski definition) is 15. The Hall–Kier alpha value is -2.02. The van der Waals surface area contributed by atoms with E-state index in [1.54, 1.807) is 0 Å². The molecule has 0 aromatic heterocycles.